The zero-order valence-electron chi connectivity index (χ0n) is 8.26. The van der Waals surface area contributed by atoms with E-state index in [1.165, 1.54) is 12.1 Å². The topological polar surface area (TPSA) is 43.4 Å². The fourth-order valence-corrected chi connectivity index (χ4v) is 4.00. The van der Waals surface area contributed by atoms with Crippen molar-refractivity contribution in [3.63, 3.8) is 0 Å². The molecular formula is C10H6ClIO3S2. The number of hydrogen-bond acceptors (Lipinski definition) is 4. The molecule has 1 heterocycles. The van der Waals surface area contributed by atoms with Gasteiger partial charge in [-0.05, 0) is 52.9 Å². The molecule has 0 bridgehead atoms. The maximum atomic E-state index is 11.9. The molecule has 0 saturated heterocycles. The van der Waals surface area contributed by atoms with Crippen molar-refractivity contribution in [2.75, 3.05) is 0 Å². The summed E-state index contributed by atoms with van der Waals surface area (Å²) in [5.41, 5.74) is 0. The normalized spacial score (nSPS) is 11.4. The van der Waals surface area contributed by atoms with E-state index in [1.54, 1.807) is 18.2 Å². The Labute approximate surface area is 122 Å². The van der Waals surface area contributed by atoms with Gasteiger partial charge in [0.05, 0.1) is 4.34 Å². The average molecular weight is 401 g/mol. The smallest absolute Gasteiger partial charge is 0.348 e. The first-order valence-corrected chi connectivity index (χ1v) is 8.11. The van der Waals surface area contributed by atoms with Gasteiger partial charge in [-0.2, -0.15) is 8.42 Å². The Morgan fingerprint density at radius 2 is 2.00 bits per heavy atom. The van der Waals surface area contributed by atoms with Gasteiger partial charge < -0.3 is 4.18 Å². The summed E-state index contributed by atoms with van der Waals surface area (Å²) in [5, 5.41) is 0. The number of hydrogen-bond donors (Lipinski definition) is 0. The van der Waals surface area contributed by atoms with Gasteiger partial charge in [0, 0.05) is 3.57 Å². The minimum atomic E-state index is -3.78. The lowest BCUT2D eigenvalue weighted by Gasteiger charge is -2.04. The molecule has 2 rings (SSSR count). The van der Waals surface area contributed by atoms with Crippen LogP contribution < -0.4 is 4.18 Å². The quantitative estimate of drug-likeness (QED) is 0.582. The highest BCUT2D eigenvalue weighted by Crippen LogP contribution is 2.28. The van der Waals surface area contributed by atoms with Crippen LogP contribution in [0.25, 0.3) is 0 Å². The van der Waals surface area contributed by atoms with E-state index >= 15 is 0 Å². The van der Waals surface area contributed by atoms with Crippen molar-refractivity contribution in [1.82, 2.24) is 0 Å². The number of rotatable bonds is 3. The summed E-state index contributed by atoms with van der Waals surface area (Å²) in [4.78, 5) is 0. The van der Waals surface area contributed by atoms with Gasteiger partial charge in [-0.25, -0.2) is 0 Å². The monoisotopic (exact) mass is 400 g/mol. The zero-order valence-corrected chi connectivity index (χ0v) is 12.8. The molecule has 1 aromatic carbocycles. The third-order valence-electron chi connectivity index (χ3n) is 1.80. The van der Waals surface area contributed by atoms with Crippen molar-refractivity contribution in [3.8, 4) is 5.75 Å². The second kappa shape index (κ2) is 5.13. The predicted molar refractivity (Wildman–Crippen MR) is 76.3 cm³/mol. The molecule has 0 N–H and O–H groups in total. The number of halogens is 2. The third kappa shape index (κ3) is 3.34. The molecule has 17 heavy (non-hydrogen) atoms. The molecule has 0 aliphatic rings. The molecule has 0 spiro atoms. The van der Waals surface area contributed by atoms with E-state index in [9.17, 15) is 8.42 Å². The molecule has 3 nitrogen and oxygen atoms in total. The maximum Gasteiger partial charge on any atom is 0.348 e. The van der Waals surface area contributed by atoms with E-state index < -0.39 is 10.1 Å². The minimum Gasteiger partial charge on any atom is -0.378 e. The van der Waals surface area contributed by atoms with Crippen LogP contribution in [0.5, 0.6) is 5.75 Å². The lowest BCUT2D eigenvalue weighted by molar-refractivity contribution is 0.488. The van der Waals surface area contributed by atoms with Crippen LogP contribution in [0.2, 0.25) is 4.34 Å². The van der Waals surface area contributed by atoms with Crippen molar-refractivity contribution < 1.29 is 12.6 Å². The second-order valence-electron chi connectivity index (χ2n) is 3.05. The summed E-state index contributed by atoms with van der Waals surface area (Å²) in [6, 6.07) is 9.77. The van der Waals surface area contributed by atoms with Crippen LogP contribution in [0.15, 0.2) is 40.6 Å². The molecule has 0 amide bonds. The highest BCUT2D eigenvalue weighted by molar-refractivity contribution is 14.1. The fourth-order valence-electron chi connectivity index (χ4n) is 1.12. The first-order chi connectivity index (χ1) is 7.97. The predicted octanol–water partition coefficient (Wildman–Crippen LogP) is 3.77. The first-order valence-electron chi connectivity index (χ1n) is 4.43. The molecule has 0 radical (unpaired) electrons. The molecule has 2 aromatic rings. The Morgan fingerprint density at radius 3 is 2.59 bits per heavy atom. The van der Waals surface area contributed by atoms with Gasteiger partial charge in [-0.15, -0.1) is 11.3 Å². The van der Waals surface area contributed by atoms with Crippen LogP contribution in [-0.4, -0.2) is 8.42 Å². The van der Waals surface area contributed by atoms with Crippen molar-refractivity contribution in [3.05, 3.63) is 44.3 Å². The molecule has 0 aliphatic carbocycles. The van der Waals surface area contributed by atoms with Crippen LogP contribution in [0.1, 0.15) is 0 Å². The van der Waals surface area contributed by atoms with Gasteiger partial charge >= 0.3 is 10.1 Å². The van der Waals surface area contributed by atoms with E-state index in [0.29, 0.717) is 10.1 Å². The van der Waals surface area contributed by atoms with Gasteiger partial charge in [-0.3, -0.25) is 0 Å². The highest BCUT2D eigenvalue weighted by atomic mass is 127. The van der Waals surface area contributed by atoms with Crippen LogP contribution in [0.4, 0.5) is 0 Å². The minimum absolute atomic E-state index is 0.0985. The fraction of sp³-hybridized carbons (Fsp3) is 0. The van der Waals surface area contributed by atoms with Crippen molar-refractivity contribution in [2.45, 2.75) is 4.21 Å². The summed E-state index contributed by atoms with van der Waals surface area (Å²) in [7, 11) is -3.78. The van der Waals surface area contributed by atoms with E-state index in [4.69, 9.17) is 15.8 Å². The largest absolute Gasteiger partial charge is 0.378 e. The lowest BCUT2D eigenvalue weighted by Crippen LogP contribution is -2.07. The molecule has 0 saturated carbocycles. The summed E-state index contributed by atoms with van der Waals surface area (Å²) in [6.45, 7) is 0. The summed E-state index contributed by atoms with van der Waals surface area (Å²) in [5.74, 6) is 0.293. The highest BCUT2D eigenvalue weighted by Gasteiger charge is 2.19. The van der Waals surface area contributed by atoms with Gasteiger partial charge in [0.2, 0.25) is 0 Å². The van der Waals surface area contributed by atoms with Crippen LogP contribution >= 0.6 is 45.5 Å². The molecular weight excluding hydrogens is 395 g/mol. The molecule has 90 valence electrons. The number of thiophene rings is 1. The third-order valence-corrected chi connectivity index (χ3v) is 5.40. The standard InChI is InChI=1S/C10H6ClIO3S2/c11-9-4-5-10(16-9)17(13,14)15-8-3-1-2-7(12)6-8/h1-6H. The Kier molecular flexibility index (Phi) is 3.96. The molecule has 0 fully saturated rings. The first kappa shape index (κ1) is 13.1. The van der Waals surface area contributed by atoms with Crippen LogP contribution in [0, 0.1) is 3.57 Å². The van der Waals surface area contributed by atoms with E-state index in [2.05, 4.69) is 22.6 Å². The summed E-state index contributed by atoms with van der Waals surface area (Å²) >= 11 is 8.74. The summed E-state index contributed by atoms with van der Waals surface area (Å²) in [6.07, 6.45) is 0. The van der Waals surface area contributed by atoms with Crippen LogP contribution in [0.3, 0.4) is 0 Å². The van der Waals surface area contributed by atoms with E-state index in [0.717, 1.165) is 14.9 Å². The van der Waals surface area contributed by atoms with Crippen molar-refractivity contribution >= 4 is 55.6 Å². The molecule has 7 heteroatoms. The van der Waals surface area contributed by atoms with Gasteiger partial charge in [-0.1, -0.05) is 17.7 Å². The lowest BCUT2D eigenvalue weighted by atomic mass is 10.3. The maximum absolute atomic E-state index is 11.9. The van der Waals surface area contributed by atoms with Crippen LogP contribution in [-0.2, 0) is 10.1 Å². The van der Waals surface area contributed by atoms with E-state index in [1.807, 2.05) is 6.07 Å². The average Bonchev–Trinajstić information content (AvgIpc) is 2.65. The molecule has 0 unspecified atom stereocenters. The van der Waals surface area contributed by atoms with Gasteiger partial charge in [0.25, 0.3) is 0 Å². The Hall–Kier alpha value is -0.310. The Morgan fingerprint density at radius 1 is 1.24 bits per heavy atom. The second-order valence-corrected chi connectivity index (χ2v) is 7.79. The van der Waals surface area contributed by atoms with Crippen molar-refractivity contribution in [2.24, 2.45) is 0 Å². The Bertz CT molecular complexity index is 637. The zero-order chi connectivity index (χ0) is 12.5. The van der Waals surface area contributed by atoms with Gasteiger partial charge in [0.1, 0.15) is 5.75 Å². The van der Waals surface area contributed by atoms with E-state index in [-0.39, 0.29) is 4.21 Å². The SMILES string of the molecule is O=S(=O)(Oc1cccc(I)c1)c1ccc(Cl)s1. The summed E-state index contributed by atoms with van der Waals surface area (Å²) < 4.78 is 30.1. The van der Waals surface area contributed by atoms with Crippen molar-refractivity contribution in [1.29, 1.82) is 0 Å². The van der Waals surface area contributed by atoms with Gasteiger partial charge in [0.15, 0.2) is 4.21 Å². The number of benzene rings is 1. The molecule has 1 aromatic heterocycles. The molecule has 0 aliphatic heterocycles. The molecule has 0 atom stereocenters. The Balaban J connectivity index is 2.29.